The first-order chi connectivity index (χ1) is 10.6. The molecule has 2 rings (SSSR count). The van der Waals surface area contributed by atoms with Crippen molar-refractivity contribution in [3.8, 4) is 0 Å². The SMILES string of the molecule is COC(=O)c1ccc(CNC(=O)Nc2cccc(F)c2)cc1. The van der Waals surface area contributed by atoms with Gasteiger partial charge < -0.3 is 15.4 Å². The summed E-state index contributed by atoms with van der Waals surface area (Å²) in [7, 11) is 1.31. The maximum absolute atomic E-state index is 13.0. The first-order valence-corrected chi connectivity index (χ1v) is 6.56. The Morgan fingerprint density at radius 1 is 1.14 bits per heavy atom. The molecule has 5 nitrogen and oxygen atoms in total. The second-order valence-electron chi connectivity index (χ2n) is 4.51. The summed E-state index contributed by atoms with van der Waals surface area (Å²) in [6, 6.07) is 11.9. The van der Waals surface area contributed by atoms with E-state index in [1.807, 2.05) is 0 Å². The van der Waals surface area contributed by atoms with Crippen molar-refractivity contribution in [2.45, 2.75) is 6.54 Å². The maximum atomic E-state index is 13.0. The van der Waals surface area contributed by atoms with Crippen molar-refractivity contribution in [3.63, 3.8) is 0 Å². The van der Waals surface area contributed by atoms with Crippen molar-refractivity contribution in [1.29, 1.82) is 0 Å². The molecule has 0 spiro atoms. The Morgan fingerprint density at radius 3 is 2.50 bits per heavy atom. The normalized spacial score (nSPS) is 9.91. The fourth-order valence-electron chi connectivity index (χ4n) is 1.80. The Balaban J connectivity index is 1.87. The second-order valence-corrected chi connectivity index (χ2v) is 4.51. The van der Waals surface area contributed by atoms with Gasteiger partial charge >= 0.3 is 12.0 Å². The summed E-state index contributed by atoms with van der Waals surface area (Å²) in [5.74, 6) is -0.834. The summed E-state index contributed by atoms with van der Waals surface area (Å²) in [6.45, 7) is 0.280. The van der Waals surface area contributed by atoms with Crippen molar-refractivity contribution < 1.29 is 18.7 Å². The number of nitrogens with one attached hydrogen (secondary N) is 2. The van der Waals surface area contributed by atoms with Crippen LogP contribution in [0.15, 0.2) is 48.5 Å². The Bertz CT molecular complexity index is 671. The van der Waals surface area contributed by atoms with E-state index in [9.17, 15) is 14.0 Å². The largest absolute Gasteiger partial charge is 0.465 e. The van der Waals surface area contributed by atoms with Crippen LogP contribution in [0.1, 0.15) is 15.9 Å². The van der Waals surface area contributed by atoms with Crippen LogP contribution in [0.3, 0.4) is 0 Å². The molecule has 0 aliphatic rings. The number of methoxy groups -OCH3 is 1. The lowest BCUT2D eigenvalue weighted by molar-refractivity contribution is 0.0600. The smallest absolute Gasteiger partial charge is 0.337 e. The topological polar surface area (TPSA) is 67.4 Å². The highest BCUT2D eigenvalue weighted by molar-refractivity contribution is 5.90. The second kappa shape index (κ2) is 7.21. The molecule has 2 aromatic rings. The average Bonchev–Trinajstić information content (AvgIpc) is 2.52. The van der Waals surface area contributed by atoms with Crippen molar-refractivity contribution in [3.05, 3.63) is 65.5 Å². The molecule has 0 bridgehead atoms. The summed E-state index contributed by atoms with van der Waals surface area (Å²) in [5.41, 5.74) is 1.64. The third-order valence-electron chi connectivity index (χ3n) is 2.91. The van der Waals surface area contributed by atoms with Crippen LogP contribution < -0.4 is 10.6 Å². The van der Waals surface area contributed by atoms with Gasteiger partial charge in [-0.1, -0.05) is 18.2 Å². The van der Waals surface area contributed by atoms with E-state index >= 15 is 0 Å². The average molecular weight is 302 g/mol. The van der Waals surface area contributed by atoms with Gasteiger partial charge in [0, 0.05) is 12.2 Å². The summed E-state index contributed by atoms with van der Waals surface area (Å²) in [4.78, 5) is 23.0. The molecule has 6 heteroatoms. The lowest BCUT2D eigenvalue weighted by atomic mass is 10.1. The Morgan fingerprint density at radius 2 is 1.86 bits per heavy atom. The zero-order valence-electron chi connectivity index (χ0n) is 11.9. The number of rotatable bonds is 4. The van der Waals surface area contributed by atoms with Crippen LogP contribution in [0, 0.1) is 5.82 Å². The van der Waals surface area contributed by atoms with Crippen LogP contribution in [-0.2, 0) is 11.3 Å². The van der Waals surface area contributed by atoms with Gasteiger partial charge in [-0.25, -0.2) is 14.0 Å². The summed E-state index contributed by atoms with van der Waals surface area (Å²) >= 11 is 0. The number of amides is 2. The van der Waals surface area contributed by atoms with Crippen molar-refractivity contribution in [2.24, 2.45) is 0 Å². The first kappa shape index (κ1) is 15.5. The van der Waals surface area contributed by atoms with E-state index in [1.54, 1.807) is 30.3 Å². The predicted molar refractivity (Wildman–Crippen MR) is 80.0 cm³/mol. The molecule has 0 aromatic heterocycles. The lowest BCUT2D eigenvalue weighted by Crippen LogP contribution is -2.28. The van der Waals surface area contributed by atoms with E-state index < -0.39 is 17.8 Å². The highest BCUT2D eigenvalue weighted by Crippen LogP contribution is 2.09. The third kappa shape index (κ3) is 4.31. The van der Waals surface area contributed by atoms with Crippen molar-refractivity contribution >= 4 is 17.7 Å². The Labute approximate surface area is 127 Å². The maximum Gasteiger partial charge on any atom is 0.337 e. The Kier molecular flexibility index (Phi) is 5.08. The summed E-state index contributed by atoms with van der Waals surface area (Å²) in [5, 5.41) is 5.17. The molecule has 0 heterocycles. The van der Waals surface area contributed by atoms with E-state index in [0.717, 1.165) is 5.56 Å². The van der Waals surface area contributed by atoms with E-state index in [2.05, 4.69) is 15.4 Å². The fourth-order valence-corrected chi connectivity index (χ4v) is 1.80. The van der Waals surface area contributed by atoms with Gasteiger partial charge in [0.05, 0.1) is 12.7 Å². The zero-order chi connectivity index (χ0) is 15.9. The van der Waals surface area contributed by atoms with Gasteiger partial charge in [0.25, 0.3) is 0 Å². The molecule has 22 heavy (non-hydrogen) atoms. The van der Waals surface area contributed by atoms with Crippen LogP contribution >= 0.6 is 0 Å². The minimum absolute atomic E-state index is 0.280. The molecule has 0 saturated carbocycles. The van der Waals surface area contributed by atoms with Gasteiger partial charge in [-0.15, -0.1) is 0 Å². The molecule has 0 saturated heterocycles. The molecule has 0 aliphatic carbocycles. The van der Waals surface area contributed by atoms with E-state index in [4.69, 9.17) is 0 Å². The highest BCUT2D eigenvalue weighted by Gasteiger charge is 2.05. The van der Waals surface area contributed by atoms with Gasteiger partial charge in [0.15, 0.2) is 0 Å². The van der Waals surface area contributed by atoms with Crippen LogP contribution in [0.5, 0.6) is 0 Å². The molecular formula is C16H15FN2O3. The summed E-state index contributed by atoms with van der Waals surface area (Å²) < 4.78 is 17.6. The van der Waals surface area contributed by atoms with Gasteiger partial charge in [-0.05, 0) is 35.9 Å². The van der Waals surface area contributed by atoms with Crippen molar-refractivity contribution in [2.75, 3.05) is 12.4 Å². The number of hydrogen-bond acceptors (Lipinski definition) is 3. The number of carbonyl (C=O) groups is 2. The minimum Gasteiger partial charge on any atom is -0.465 e. The van der Waals surface area contributed by atoms with Gasteiger partial charge in [0.1, 0.15) is 5.82 Å². The number of benzene rings is 2. The number of hydrogen-bond donors (Lipinski definition) is 2. The quantitative estimate of drug-likeness (QED) is 0.853. The molecule has 2 aromatic carbocycles. The number of urea groups is 1. The number of ether oxygens (including phenoxy) is 1. The standard InChI is InChI=1S/C16H15FN2O3/c1-22-15(20)12-7-5-11(6-8-12)10-18-16(21)19-14-4-2-3-13(17)9-14/h2-9H,10H2,1H3,(H2,18,19,21). The van der Waals surface area contributed by atoms with E-state index in [0.29, 0.717) is 11.3 Å². The van der Waals surface area contributed by atoms with Crippen LogP contribution in [0.4, 0.5) is 14.9 Å². The molecule has 0 unspecified atom stereocenters. The number of carbonyl (C=O) groups excluding carboxylic acids is 2. The molecule has 0 aliphatic heterocycles. The predicted octanol–water partition coefficient (Wildman–Crippen LogP) is 2.93. The van der Waals surface area contributed by atoms with Gasteiger partial charge in [-0.2, -0.15) is 0 Å². The first-order valence-electron chi connectivity index (χ1n) is 6.56. The molecule has 2 N–H and O–H groups in total. The number of halogens is 1. The van der Waals surface area contributed by atoms with Crippen LogP contribution in [0.25, 0.3) is 0 Å². The minimum atomic E-state index is -0.442. The number of esters is 1. The monoisotopic (exact) mass is 302 g/mol. The van der Waals surface area contributed by atoms with Crippen LogP contribution in [-0.4, -0.2) is 19.1 Å². The molecule has 0 atom stereocenters. The molecule has 2 amide bonds. The fraction of sp³-hybridized carbons (Fsp3) is 0.125. The Hall–Kier alpha value is -2.89. The van der Waals surface area contributed by atoms with Crippen molar-refractivity contribution in [1.82, 2.24) is 5.32 Å². The van der Waals surface area contributed by atoms with Gasteiger partial charge in [0.2, 0.25) is 0 Å². The van der Waals surface area contributed by atoms with Crippen LogP contribution in [0.2, 0.25) is 0 Å². The molecule has 114 valence electrons. The lowest BCUT2D eigenvalue weighted by Gasteiger charge is -2.08. The molecule has 0 fully saturated rings. The summed E-state index contributed by atoms with van der Waals surface area (Å²) in [6.07, 6.45) is 0. The molecular weight excluding hydrogens is 287 g/mol. The highest BCUT2D eigenvalue weighted by atomic mass is 19.1. The number of anilines is 1. The molecule has 0 radical (unpaired) electrons. The van der Waals surface area contributed by atoms with E-state index in [1.165, 1.54) is 25.3 Å². The van der Waals surface area contributed by atoms with Gasteiger partial charge in [-0.3, -0.25) is 0 Å². The zero-order valence-corrected chi connectivity index (χ0v) is 11.9. The van der Waals surface area contributed by atoms with E-state index in [-0.39, 0.29) is 6.54 Å². The third-order valence-corrected chi connectivity index (χ3v) is 2.91.